The molecular formula is C7H16OS2. The highest BCUT2D eigenvalue weighted by molar-refractivity contribution is 8.76. The van der Waals surface area contributed by atoms with Crippen LogP contribution in [0.5, 0.6) is 0 Å². The van der Waals surface area contributed by atoms with E-state index in [1.165, 1.54) is 0 Å². The average molecular weight is 180 g/mol. The van der Waals surface area contributed by atoms with Crippen LogP contribution in [0.4, 0.5) is 0 Å². The Balaban J connectivity index is 3.16. The molecule has 0 bridgehead atoms. The topological polar surface area (TPSA) is 9.23 Å². The van der Waals surface area contributed by atoms with Gasteiger partial charge in [0.1, 0.15) is 5.44 Å². The van der Waals surface area contributed by atoms with Crippen LogP contribution in [0.3, 0.4) is 0 Å². The summed E-state index contributed by atoms with van der Waals surface area (Å²) in [6.07, 6.45) is 0.347. The van der Waals surface area contributed by atoms with Gasteiger partial charge in [-0.25, -0.2) is 0 Å². The molecule has 0 aliphatic rings. The van der Waals surface area contributed by atoms with Gasteiger partial charge in [-0.05, 0) is 20.8 Å². The van der Waals surface area contributed by atoms with Crippen molar-refractivity contribution in [3.63, 3.8) is 0 Å². The average Bonchev–Trinajstić information content (AvgIpc) is 1.82. The minimum atomic E-state index is 0.324. The summed E-state index contributed by atoms with van der Waals surface area (Å²) in [6.45, 7) is 8.37. The van der Waals surface area contributed by atoms with Gasteiger partial charge in [0.05, 0.1) is 6.10 Å². The summed E-state index contributed by atoms with van der Waals surface area (Å²) >= 11 is 0. The van der Waals surface area contributed by atoms with Crippen LogP contribution < -0.4 is 0 Å². The van der Waals surface area contributed by atoms with Crippen LogP contribution >= 0.6 is 21.6 Å². The molecule has 0 saturated carbocycles. The van der Waals surface area contributed by atoms with Gasteiger partial charge >= 0.3 is 0 Å². The van der Waals surface area contributed by atoms with E-state index >= 15 is 0 Å². The van der Waals surface area contributed by atoms with Crippen molar-refractivity contribution in [2.24, 2.45) is 0 Å². The first-order chi connectivity index (χ1) is 4.66. The molecule has 0 saturated heterocycles. The Morgan fingerprint density at radius 1 is 1.30 bits per heavy atom. The van der Waals surface area contributed by atoms with Crippen molar-refractivity contribution < 1.29 is 4.74 Å². The molecule has 0 amide bonds. The smallest absolute Gasteiger partial charge is 0.110 e. The highest BCUT2D eigenvalue weighted by Crippen LogP contribution is 2.27. The van der Waals surface area contributed by atoms with Crippen molar-refractivity contribution in [3.05, 3.63) is 0 Å². The van der Waals surface area contributed by atoms with Crippen molar-refractivity contribution in [1.29, 1.82) is 0 Å². The molecule has 0 aromatic carbocycles. The molecule has 0 heterocycles. The largest absolute Gasteiger partial charge is 0.364 e. The fourth-order valence-corrected chi connectivity index (χ4v) is 2.28. The minimum absolute atomic E-state index is 0.324. The highest BCUT2D eigenvalue weighted by Gasteiger charge is 2.03. The van der Waals surface area contributed by atoms with Crippen molar-refractivity contribution in [2.45, 2.75) is 39.2 Å². The van der Waals surface area contributed by atoms with Crippen LogP contribution in [0, 0.1) is 0 Å². The molecule has 0 fully saturated rings. The predicted octanol–water partition coefficient (Wildman–Crippen LogP) is 3.16. The number of hydrogen-bond donors (Lipinski definition) is 0. The van der Waals surface area contributed by atoms with Crippen molar-refractivity contribution in [2.75, 3.05) is 5.75 Å². The molecule has 0 aliphatic heterocycles. The Bertz CT molecular complexity index is 76.0. The lowest BCUT2D eigenvalue weighted by atomic mass is 10.5. The van der Waals surface area contributed by atoms with E-state index in [-0.39, 0.29) is 0 Å². The molecule has 0 rings (SSSR count). The maximum atomic E-state index is 5.49. The normalized spacial score (nSPS) is 14.1. The minimum Gasteiger partial charge on any atom is -0.364 e. The van der Waals surface area contributed by atoms with E-state index in [9.17, 15) is 0 Å². The van der Waals surface area contributed by atoms with Crippen LogP contribution in [0.15, 0.2) is 0 Å². The first-order valence-electron chi connectivity index (χ1n) is 3.60. The van der Waals surface area contributed by atoms with Crippen LogP contribution in [0.1, 0.15) is 27.7 Å². The molecule has 1 unspecified atom stereocenters. The van der Waals surface area contributed by atoms with Crippen LogP contribution in [0.2, 0.25) is 0 Å². The number of hydrogen-bond acceptors (Lipinski definition) is 3. The third-order valence-corrected chi connectivity index (χ3v) is 3.47. The van der Waals surface area contributed by atoms with E-state index < -0.39 is 0 Å². The molecule has 0 aliphatic carbocycles. The quantitative estimate of drug-likeness (QED) is 0.475. The van der Waals surface area contributed by atoms with Gasteiger partial charge in [-0.3, -0.25) is 0 Å². The highest BCUT2D eigenvalue weighted by atomic mass is 33.1. The Morgan fingerprint density at radius 2 is 1.90 bits per heavy atom. The van der Waals surface area contributed by atoms with Crippen LogP contribution in [0.25, 0.3) is 0 Å². The van der Waals surface area contributed by atoms with E-state index in [1.54, 1.807) is 10.8 Å². The Morgan fingerprint density at radius 3 is 2.30 bits per heavy atom. The second-order valence-corrected chi connectivity index (χ2v) is 5.21. The molecule has 62 valence electrons. The van der Waals surface area contributed by atoms with Gasteiger partial charge in [0.25, 0.3) is 0 Å². The molecule has 1 atom stereocenters. The second-order valence-electron chi connectivity index (χ2n) is 2.26. The van der Waals surface area contributed by atoms with Crippen molar-refractivity contribution in [1.82, 2.24) is 0 Å². The molecule has 3 heteroatoms. The van der Waals surface area contributed by atoms with Gasteiger partial charge in [-0.1, -0.05) is 28.5 Å². The SMILES string of the molecule is CCSSC(C)OC(C)C. The van der Waals surface area contributed by atoms with E-state index in [2.05, 4.69) is 27.7 Å². The molecule has 0 N–H and O–H groups in total. The number of rotatable bonds is 5. The summed E-state index contributed by atoms with van der Waals surface area (Å²) in [5.74, 6) is 1.15. The Hall–Kier alpha value is 0.660. The van der Waals surface area contributed by atoms with Gasteiger partial charge in [0, 0.05) is 5.75 Å². The zero-order valence-electron chi connectivity index (χ0n) is 7.09. The van der Waals surface area contributed by atoms with Gasteiger partial charge in [0.15, 0.2) is 0 Å². The summed E-state index contributed by atoms with van der Waals surface area (Å²) in [7, 11) is 3.65. The summed E-state index contributed by atoms with van der Waals surface area (Å²) in [6, 6.07) is 0. The standard InChI is InChI=1S/C7H16OS2/c1-5-9-10-7(4)8-6(2)3/h6-7H,5H2,1-4H3. The van der Waals surface area contributed by atoms with Gasteiger partial charge in [-0.15, -0.1) is 0 Å². The fourth-order valence-electron chi connectivity index (χ4n) is 0.570. The molecule has 1 nitrogen and oxygen atoms in total. The van der Waals surface area contributed by atoms with Crippen molar-refractivity contribution in [3.8, 4) is 0 Å². The van der Waals surface area contributed by atoms with E-state index in [4.69, 9.17) is 4.74 Å². The lowest BCUT2D eigenvalue weighted by molar-refractivity contribution is 0.0699. The summed E-state index contributed by atoms with van der Waals surface area (Å²) in [4.78, 5) is 0. The number of ether oxygens (including phenoxy) is 1. The van der Waals surface area contributed by atoms with E-state index in [0.29, 0.717) is 11.5 Å². The van der Waals surface area contributed by atoms with Crippen molar-refractivity contribution >= 4 is 21.6 Å². The zero-order valence-corrected chi connectivity index (χ0v) is 8.72. The second kappa shape index (κ2) is 6.38. The molecule has 0 aromatic heterocycles. The van der Waals surface area contributed by atoms with E-state index in [1.807, 2.05) is 10.8 Å². The summed E-state index contributed by atoms with van der Waals surface area (Å²) in [5, 5.41) is 0. The third kappa shape index (κ3) is 6.78. The molecule has 0 radical (unpaired) electrons. The zero-order chi connectivity index (χ0) is 7.98. The first-order valence-corrected chi connectivity index (χ1v) is 5.98. The van der Waals surface area contributed by atoms with Crippen LogP contribution in [-0.4, -0.2) is 17.3 Å². The lowest BCUT2D eigenvalue weighted by Gasteiger charge is -2.13. The lowest BCUT2D eigenvalue weighted by Crippen LogP contribution is -2.09. The fraction of sp³-hybridized carbons (Fsp3) is 1.00. The maximum Gasteiger partial charge on any atom is 0.110 e. The summed E-state index contributed by atoms with van der Waals surface area (Å²) < 4.78 is 5.49. The van der Waals surface area contributed by atoms with E-state index in [0.717, 1.165) is 5.75 Å². The van der Waals surface area contributed by atoms with Gasteiger partial charge in [-0.2, -0.15) is 0 Å². The van der Waals surface area contributed by atoms with Crippen LogP contribution in [-0.2, 0) is 4.74 Å². The van der Waals surface area contributed by atoms with Gasteiger partial charge in [0.2, 0.25) is 0 Å². The van der Waals surface area contributed by atoms with Gasteiger partial charge < -0.3 is 4.74 Å². The Kier molecular flexibility index (Phi) is 6.80. The maximum absolute atomic E-state index is 5.49. The monoisotopic (exact) mass is 180 g/mol. The predicted molar refractivity (Wildman–Crippen MR) is 51.4 cm³/mol. The molecule has 0 spiro atoms. The Labute approximate surface area is 71.7 Å². The molecule has 10 heavy (non-hydrogen) atoms. The first kappa shape index (κ1) is 10.7. The molecule has 0 aromatic rings. The molecular weight excluding hydrogens is 164 g/mol. The summed E-state index contributed by atoms with van der Waals surface area (Å²) in [5.41, 5.74) is 0.324. The third-order valence-electron chi connectivity index (χ3n) is 0.785.